The minimum absolute atomic E-state index is 0.00684. The number of nitrogens with one attached hydrogen (secondary N) is 2. The van der Waals surface area contributed by atoms with Crippen molar-refractivity contribution in [3.63, 3.8) is 0 Å². The lowest BCUT2D eigenvalue weighted by molar-refractivity contribution is 0.0949. The van der Waals surface area contributed by atoms with Crippen LogP contribution in [0.5, 0.6) is 0 Å². The molecule has 0 saturated heterocycles. The summed E-state index contributed by atoms with van der Waals surface area (Å²) in [6, 6.07) is 14.9. The first-order valence-corrected chi connectivity index (χ1v) is 10.1. The SMILES string of the molecule is Cc1ccc(C(=O)NC2CC2)cc1-n1cc(C(N)=O)nc(NCc2ccccc2)c1=O. The minimum atomic E-state index is -0.753. The fraction of sp³-hybridized carbons (Fsp3) is 0.217. The molecule has 2 amide bonds. The predicted molar refractivity (Wildman–Crippen MR) is 117 cm³/mol. The van der Waals surface area contributed by atoms with Gasteiger partial charge in [0.15, 0.2) is 5.82 Å². The van der Waals surface area contributed by atoms with Gasteiger partial charge in [-0.3, -0.25) is 19.0 Å². The summed E-state index contributed by atoms with van der Waals surface area (Å²) in [6.07, 6.45) is 3.27. The Hall–Kier alpha value is -3.94. The summed E-state index contributed by atoms with van der Waals surface area (Å²) in [7, 11) is 0. The number of amides is 2. The molecule has 8 nitrogen and oxygen atoms in total. The van der Waals surface area contributed by atoms with Crippen LogP contribution >= 0.6 is 0 Å². The molecule has 4 N–H and O–H groups in total. The Balaban J connectivity index is 1.73. The maximum atomic E-state index is 13.2. The molecule has 4 rings (SSSR count). The molecule has 0 atom stereocenters. The van der Waals surface area contributed by atoms with Crippen LogP contribution in [0.15, 0.2) is 59.5 Å². The van der Waals surface area contributed by atoms with Crippen LogP contribution in [0.2, 0.25) is 0 Å². The number of hydrogen-bond acceptors (Lipinski definition) is 5. The third-order valence-corrected chi connectivity index (χ3v) is 5.10. The Bertz CT molecular complexity index is 1200. The molecule has 1 aliphatic rings. The van der Waals surface area contributed by atoms with Crippen molar-refractivity contribution in [2.45, 2.75) is 32.4 Å². The topological polar surface area (TPSA) is 119 Å². The number of aromatic nitrogens is 2. The van der Waals surface area contributed by atoms with Gasteiger partial charge >= 0.3 is 0 Å². The van der Waals surface area contributed by atoms with Gasteiger partial charge in [-0.1, -0.05) is 36.4 Å². The molecule has 1 aromatic heterocycles. The monoisotopic (exact) mass is 417 g/mol. The lowest BCUT2D eigenvalue weighted by Gasteiger charge is -2.14. The highest BCUT2D eigenvalue weighted by Crippen LogP contribution is 2.21. The largest absolute Gasteiger partial charge is 0.364 e. The number of carbonyl (C=O) groups is 2. The minimum Gasteiger partial charge on any atom is -0.364 e. The first kappa shape index (κ1) is 20.3. The van der Waals surface area contributed by atoms with E-state index in [1.54, 1.807) is 18.2 Å². The molecule has 0 bridgehead atoms. The van der Waals surface area contributed by atoms with Crippen molar-refractivity contribution in [3.05, 3.63) is 87.5 Å². The molecule has 158 valence electrons. The van der Waals surface area contributed by atoms with E-state index in [9.17, 15) is 14.4 Å². The standard InChI is InChI=1S/C23H23N5O3/c1-14-7-8-16(22(30)26-17-9-10-17)11-19(14)28-13-18(20(24)29)27-21(23(28)31)25-12-15-5-3-2-4-6-15/h2-8,11,13,17H,9-10,12H2,1H3,(H2,24,29)(H,25,27)(H,26,30). The maximum Gasteiger partial charge on any atom is 0.297 e. The van der Waals surface area contributed by atoms with Gasteiger partial charge in [0, 0.05) is 24.3 Å². The van der Waals surface area contributed by atoms with E-state index < -0.39 is 11.5 Å². The normalized spacial score (nSPS) is 12.9. The third kappa shape index (κ3) is 4.63. The summed E-state index contributed by atoms with van der Waals surface area (Å²) in [5.74, 6) is -0.937. The van der Waals surface area contributed by atoms with Crippen LogP contribution in [0.25, 0.3) is 5.69 Å². The number of rotatable bonds is 7. The first-order valence-electron chi connectivity index (χ1n) is 10.1. The van der Waals surface area contributed by atoms with Crippen LogP contribution < -0.4 is 21.9 Å². The number of anilines is 1. The summed E-state index contributed by atoms with van der Waals surface area (Å²) < 4.78 is 1.31. The molecule has 2 aromatic carbocycles. The number of nitrogens with two attached hydrogens (primary N) is 1. The number of carbonyl (C=O) groups excluding carboxylic acids is 2. The van der Waals surface area contributed by atoms with E-state index in [0.29, 0.717) is 17.8 Å². The van der Waals surface area contributed by atoms with Gasteiger partial charge in [0.2, 0.25) is 0 Å². The molecule has 0 unspecified atom stereocenters. The van der Waals surface area contributed by atoms with Gasteiger partial charge in [-0.25, -0.2) is 4.98 Å². The van der Waals surface area contributed by atoms with Crippen LogP contribution in [0, 0.1) is 6.92 Å². The second-order valence-corrected chi connectivity index (χ2v) is 7.60. The summed E-state index contributed by atoms with van der Waals surface area (Å²) in [5, 5.41) is 5.93. The van der Waals surface area contributed by atoms with E-state index in [4.69, 9.17) is 5.73 Å². The van der Waals surface area contributed by atoms with E-state index in [0.717, 1.165) is 24.0 Å². The van der Waals surface area contributed by atoms with Gasteiger partial charge in [0.1, 0.15) is 5.69 Å². The summed E-state index contributed by atoms with van der Waals surface area (Å²) in [4.78, 5) is 41.6. The van der Waals surface area contributed by atoms with E-state index in [-0.39, 0.29) is 23.5 Å². The van der Waals surface area contributed by atoms with Crippen LogP contribution in [-0.4, -0.2) is 27.4 Å². The zero-order valence-corrected chi connectivity index (χ0v) is 17.1. The number of hydrogen-bond donors (Lipinski definition) is 3. The molecular formula is C23H23N5O3. The quantitative estimate of drug-likeness (QED) is 0.544. The first-order chi connectivity index (χ1) is 14.9. The highest BCUT2D eigenvalue weighted by Gasteiger charge is 2.24. The molecule has 0 radical (unpaired) electrons. The summed E-state index contributed by atoms with van der Waals surface area (Å²) >= 11 is 0. The number of nitrogens with zero attached hydrogens (tertiary/aromatic N) is 2. The van der Waals surface area contributed by atoms with Gasteiger partial charge in [-0.2, -0.15) is 0 Å². The smallest absolute Gasteiger partial charge is 0.297 e. The van der Waals surface area contributed by atoms with Crippen molar-refractivity contribution >= 4 is 17.6 Å². The van der Waals surface area contributed by atoms with E-state index in [2.05, 4.69) is 15.6 Å². The molecule has 1 aliphatic carbocycles. The molecule has 0 aliphatic heterocycles. The van der Waals surface area contributed by atoms with Gasteiger partial charge in [0.05, 0.1) is 5.69 Å². The van der Waals surface area contributed by atoms with E-state index in [1.807, 2.05) is 37.3 Å². The lowest BCUT2D eigenvalue weighted by atomic mass is 10.1. The molecule has 1 saturated carbocycles. The van der Waals surface area contributed by atoms with Crippen molar-refractivity contribution in [1.29, 1.82) is 0 Å². The van der Waals surface area contributed by atoms with Crippen LogP contribution in [0.3, 0.4) is 0 Å². The fourth-order valence-corrected chi connectivity index (χ4v) is 3.19. The number of aryl methyl sites for hydroxylation is 1. The molecular weight excluding hydrogens is 394 g/mol. The average molecular weight is 417 g/mol. The van der Waals surface area contributed by atoms with Crippen molar-refractivity contribution in [2.75, 3.05) is 5.32 Å². The molecule has 3 aromatic rings. The van der Waals surface area contributed by atoms with Crippen molar-refractivity contribution in [3.8, 4) is 5.69 Å². The zero-order chi connectivity index (χ0) is 22.0. The van der Waals surface area contributed by atoms with Crippen molar-refractivity contribution < 1.29 is 9.59 Å². The van der Waals surface area contributed by atoms with Gasteiger partial charge in [-0.15, -0.1) is 0 Å². The molecule has 0 spiro atoms. The molecule has 1 fully saturated rings. The highest BCUT2D eigenvalue weighted by molar-refractivity contribution is 5.95. The Labute approximate surface area is 179 Å². The average Bonchev–Trinajstić information content (AvgIpc) is 3.58. The predicted octanol–water partition coefficient (Wildman–Crippen LogP) is 2.14. The van der Waals surface area contributed by atoms with Gasteiger partial charge in [0.25, 0.3) is 17.4 Å². The molecule has 31 heavy (non-hydrogen) atoms. The van der Waals surface area contributed by atoms with Crippen LogP contribution in [0.1, 0.15) is 44.8 Å². The second kappa shape index (κ2) is 8.43. The zero-order valence-electron chi connectivity index (χ0n) is 17.1. The Morgan fingerprint density at radius 1 is 1.16 bits per heavy atom. The van der Waals surface area contributed by atoms with Crippen LogP contribution in [0.4, 0.5) is 5.82 Å². The van der Waals surface area contributed by atoms with E-state index in [1.165, 1.54) is 10.8 Å². The summed E-state index contributed by atoms with van der Waals surface area (Å²) in [5.41, 5.74) is 7.61. The highest BCUT2D eigenvalue weighted by atomic mass is 16.2. The molecule has 8 heteroatoms. The Morgan fingerprint density at radius 2 is 1.90 bits per heavy atom. The maximum absolute atomic E-state index is 13.2. The van der Waals surface area contributed by atoms with Crippen molar-refractivity contribution in [2.24, 2.45) is 5.73 Å². The van der Waals surface area contributed by atoms with E-state index >= 15 is 0 Å². The van der Waals surface area contributed by atoms with Crippen LogP contribution in [-0.2, 0) is 6.54 Å². The van der Waals surface area contributed by atoms with Gasteiger partial charge in [-0.05, 0) is 43.0 Å². The second-order valence-electron chi connectivity index (χ2n) is 7.60. The fourth-order valence-electron chi connectivity index (χ4n) is 3.19. The lowest BCUT2D eigenvalue weighted by Crippen LogP contribution is -2.29. The third-order valence-electron chi connectivity index (χ3n) is 5.10. The number of primary amides is 1. The van der Waals surface area contributed by atoms with Crippen molar-refractivity contribution in [1.82, 2.24) is 14.9 Å². The summed E-state index contributed by atoms with van der Waals surface area (Å²) in [6.45, 7) is 2.18. The van der Waals surface area contributed by atoms with Gasteiger partial charge < -0.3 is 16.4 Å². The Morgan fingerprint density at radius 3 is 2.58 bits per heavy atom. The number of benzene rings is 2. The molecule has 1 heterocycles. The Kier molecular flexibility index (Phi) is 5.53.